The number of sulfonamides is 1. The Labute approximate surface area is 120 Å². The minimum Gasteiger partial charge on any atom is -0.465 e. The molecular weight excluding hydrogens is 280 g/mol. The van der Waals surface area contributed by atoms with Gasteiger partial charge in [0.05, 0.1) is 6.04 Å². The van der Waals surface area contributed by atoms with Gasteiger partial charge in [-0.25, -0.2) is 18.4 Å². The lowest BCUT2D eigenvalue weighted by molar-refractivity contribution is 0.0929. The van der Waals surface area contributed by atoms with Crippen molar-refractivity contribution in [2.45, 2.75) is 63.3 Å². The van der Waals surface area contributed by atoms with Gasteiger partial charge in [0.15, 0.2) is 0 Å². The summed E-state index contributed by atoms with van der Waals surface area (Å²) in [6, 6.07) is -0.638. The second-order valence-corrected chi connectivity index (χ2v) is 7.94. The van der Waals surface area contributed by atoms with Crippen LogP contribution in [0.25, 0.3) is 0 Å². The standard InChI is InChI=1S/C13H22N2O4S/c1-5-6-7-8-13(20(14,18)19)9-10(13)15(11(16)17)12(2,3)4/h10H,5,8-9H2,1-4H3,(H,16,17)(H2,14,18,19). The van der Waals surface area contributed by atoms with E-state index in [-0.39, 0.29) is 12.8 Å². The molecule has 0 saturated heterocycles. The number of nitrogens with two attached hydrogens (primary N) is 1. The van der Waals surface area contributed by atoms with Gasteiger partial charge in [0.25, 0.3) is 0 Å². The van der Waals surface area contributed by atoms with Crippen LogP contribution in [0.5, 0.6) is 0 Å². The Morgan fingerprint density at radius 1 is 1.45 bits per heavy atom. The van der Waals surface area contributed by atoms with Gasteiger partial charge >= 0.3 is 6.09 Å². The Balaban J connectivity index is 3.13. The summed E-state index contributed by atoms with van der Waals surface area (Å²) in [5, 5.41) is 14.7. The van der Waals surface area contributed by atoms with Crippen LogP contribution in [-0.4, -0.2) is 40.8 Å². The Hall–Kier alpha value is -1.26. The maximum Gasteiger partial charge on any atom is 0.408 e. The smallest absolute Gasteiger partial charge is 0.408 e. The first-order valence-electron chi connectivity index (χ1n) is 6.47. The first-order valence-corrected chi connectivity index (χ1v) is 8.02. The minimum absolute atomic E-state index is 0.0736. The summed E-state index contributed by atoms with van der Waals surface area (Å²) in [6.45, 7) is 7.04. The molecule has 2 unspecified atom stereocenters. The van der Waals surface area contributed by atoms with E-state index in [4.69, 9.17) is 5.14 Å². The largest absolute Gasteiger partial charge is 0.465 e. The van der Waals surface area contributed by atoms with E-state index in [1.54, 1.807) is 20.8 Å². The molecule has 0 radical (unpaired) electrons. The van der Waals surface area contributed by atoms with Crippen molar-refractivity contribution in [3.05, 3.63) is 0 Å². The third-order valence-corrected chi connectivity index (χ3v) is 5.20. The third kappa shape index (κ3) is 3.07. The SMILES string of the molecule is CCC#CCC1(S(N)(=O)=O)CC1N(C(=O)O)C(C)(C)C. The number of carbonyl (C=O) groups is 1. The van der Waals surface area contributed by atoms with Crippen LogP contribution in [0.3, 0.4) is 0 Å². The second kappa shape index (κ2) is 5.26. The van der Waals surface area contributed by atoms with Gasteiger partial charge in [0.1, 0.15) is 4.75 Å². The Kier molecular flexibility index (Phi) is 4.42. The molecule has 114 valence electrons. The zero-order valence-corrected chi connectivity index (χ0v) is 13.1. The lowest BCUT2D eigenvalue weighted by Gasteiger charge is -2.34. The van der Waals surface area contributed by atoms with E-state index in [1.165, 1.54) is 4.90 Å². The van der Waals surface area contributed by atoms with Crippen LogP contribution in [0.4, 0.5) is 4.79 Å². The molecule has 7 heteroatoms. The first-order chi connectivity index (χ1) is 8.97. The van der Waals surface area contributed by atoms with Crippen molar-refractivity contribution in [1.29, 1.82) is 0 Å². The summed E-state index contributed by atoms with van der Waals surface area (Å²) < 4.78 is 22.5. The van der Waals surface area contributed by atoms with E-state index < -0.39 is 32.4 Å². The lowest BCUT2D eigenvalue weighted by atomic mass is 10.1. The molecule has 1 saturated carbocycles. The number of hydrogen-bond donors (Lipinski definition) is 2. The molecule has 0 aromatic heterocycles. The number of primary sulfonamides is 1. The molecule has 1 aliphatic carbocycles. The average Bonchev–Trinajstić information content (AvgIpc) is 2.90. The van der Waals surface area contributed by atoms with Gasteiger partial charge in [-0.2, -0.15) is 0 Å². The van der Waals surface area contributed by atoms with Crippen LogP contribution in [0.1, 0.15) is 47.0 Å². The molecule has 20 heavy (non-hydrogen) atoms. The van der Waals surface area contributed by atoms with Gasteiger partial charge < -0.3 is 5.11 Å². The van der Waals surface area contributed by atoms with Crippen molar-refractivity contribution >= 4 is 16.1 Å². The molecule has 0 heterocycles. The summed E-state index contributed by atoms with van der Waals surface area (Å²) in [7, 11) is -3.87. The molecule has 1 amide bonds. The quantitative estimate of drug-likeness (QED) is 0.769. The van der Waals surface area contributed by atoms with Gasteiger partial charge in [-0.3, -0.25) is 4.90 Å². The normalized spacial score (nSPS) is 25.6. The lowest BCUT2D eigenvalue weighted by Crippen LogP contribution is -2.51. The molecule has 2 atom stereocenters. The van der Waals surface area contributed by atoms with Crippen LogP contribution >= 0.6 is 0 Å². The summed E-state index contributed by atoms with van der Waals surface area (Å²) in [5.41, 5.74) is -0.693. The highest BCUT2D eigenvalue weighted by Gasteiger charge is 2.67. The fourth-order valence-corrected chi connectivity index (χ4v) is 3.56. The van der Waals surface area contributed by atoms with E-state index in [1.807, 2.05) is 6.92 Å². The molecule has 1 fully saturated rings. The molecule has 1 aliphatic rings. The molecular formula is C13H22N2O4S. The topological polar surface area (TPSA) is 101 Å². The highest BCUT2D eigenvalue weighted by molar-refractivity contribution is 7.91. The van der Waals surface area contributed by atoms with Gasteiger partial charge in [-0.15, -0.1) is 11.8 Å². The first kappa shape index (κ1) is 16.8. The van der Waals surface area contributed by atoms with Gasteiger partial charge in [-0.05, 0) is 27.2 Å². The van der Waals surface area contributed by atoms with Crippen molar-refractivity contribution in [2.24, 2.45) is 5.14 Å². The van der Waals surface area contributed by atoms with E-state index in [0.29, 0.717) is 6.42 Å². The van der Waals surface area contributed by atoms with Crippen LogP contribution in [0.2, 0.25) is 0 Å². The van der Waals surface area contributed by atoms with Crippen LogP contribution < -0.4 is 5.14 Å². The number of hydrogen-bond acceptors (Lipinski definition) is 3. The van der Waals surface area contributed by atoms with E-state index in [9.17, 15) is 18.3 Å². The zero-order valence-electron chi connectivity index (χ0n) is 12.3. The molecule has 1 rings (SSSR count). The average molecular weight is 302 g/mol. The third-order valence-electron chi connectivity index (χ3n) is 3.48. The van der Waals surface area contributed by atoms with Crippen LogP contribution in [0.15, 0.2) is 0 Å². The van der Waals surface area contributed by atoms with Gasteiger partial charge in [-0.1, -0.05) is 6.92 Å². The van der Waals surface area contributed by atoms with Crippen molar-refractivity contribution < 1.29 is 18.3 Å². The highest BCUT2D eigenvalue weighted by Crippen LogP contribution is 2.50. The molecule has 0 aromatic carbocycles. The monoisotopic (exact) mass is 302 g/mol. The molecule has 6 nitrogen and oxygen atoms in total. The molecule has 3 N–H and O–H groups in total. The van der Waals surface area contributed by atoms with E-state index in [2.05, 4.69) is 11.8 Å². The summed E-state index contributed by atoms with van der Waals surface area (Å²) in [4.78, 5) is 12.6. The maximum atomic E-state index is 11.9. The van der Waals surface area contributed by atoms with Crippen molar-refractivity contribution in [3.8, 4) is 11.8 Å². The van der Waals surface area contributed by atoms with Crippen molar-refractivity contribution in [1.82, 2.24) is 4.90 Å². The summed E-state index contributed by atoms with van der Waals surface area (Å²) in [6.07, 6.45) is -0.248. The Bertz CT molecular complexity index is 553. The fraction of sp³-hybridized carbons (Fsp3) is 0.769. The zero-order chi connectivity index (χ0) is 15.8. The van der Waals surface area contributed by atoms with Gasteiger partial charge in [0.2, 0.25) is 10.0 Å². The predicted molar refractivity (Wildman–Crippen MR) is 76.5 cm³/mol. The maximum absolute atomic E-state index is 11.9. The van der Waals surface area contributed by atoms with Gasteiger partial charge in [0, 0.05) is 18.4 Å². The summed E-state index contributed by atoms with van der Waals surface area (Å²) in [5.74, 6) is 5.60. The Morgan fingerprint density at radius 3 is 2.35 bits per heavy atom. The highest BCUT2D eigenvalue weighted by atomic mass is 32.2. The number of rotatable bonds is 3. The molecule has 0 bridgehead atoms. The fourth-order valence-electron chi connectivity index (χ4n) is 2.42. The molecule has 0 spiro atoms. The Morgan fingerprint density at radius 2 is 2.00 bits per heavy atom. The number of nitrogens with zero attached hydrogens (tertiary/aromatic N) is 1. The van der Waals surface area contributed by atoms with Crippen LogP contribution in [0, 0.1) is 11.8 Å². The second-order valence-electron chi connectivity index (χ2n) is 6.04. The molecule has 0 aromatic rings. The molecule has 0 aliphatic heterocycles. The van der Waals surface area contributed by atoms with Crippen LogP contribution in [-0.2, 0) is 10.0 Å². The van der Waals surface area contributed by atoms with E-state index >= 15 is 0 Å². The summed E-state index contributed by atoms with van der Waals surface area (Å²) >= 11 is 0. The van der Waals surface area contributed by atoms with E-state index in [0.717, 1.165) is 0 Å². The number of carboxylic acid groups (broad SMARTS) is 1. The minimum atomic E-state index is -3.87. The van der Waals surface area contributed by atoms with Crippen molar-refractivity contribution in [3.63, 3.8) is 0 Å². The van der Waals surface area contributed by atoms with Crippen molar-refractivity contribution in [2.75, 3.05) is 0 Å². The number of amides is 1. The predicted octanol–water partition coefficient (Wildman–Crippen LogP) is 1.37.